The Bertz CT molecular complexity index is 589. The van der Waals surface area contributed by atoms with Crippen LogP contribution >= 0.6 is 0 Å². The summed E-state index contributed by atoms with van der Waals surface area (Å²) in [5.41, 5.74) is -0.530. The molecule has 1 N–H and O–H groups in total. The summed E-state index contributed by atoms with van der Waals surface area (Å²) in [6.07, 6.45) is 3.93. The summed E-state index contributed by atoms with van der Waals surface area (Å²) < 4.78 is 5.39. The first-order valence-corrected chi connectivity index (χ1v) is 10.1. The highest BCUT2D eigenvalue weighted by Crippen LogP contribution is 2.27. The Balaban J connectivity index is 1.79. The molecule has 0 aromatic heterocycles. The minimum atomic E-state index is -0.791. The fraction of sp³-hybridized carbons (Fsp3) is 0.800. The number of rotatable bonds is 8. The maximum atomic E-state index is 12.3. The number of Topliss-reactive ketones (excluding diaryl/α,β-unsaturated/α-hetero) is 1. The third-order valence-corrected chi connectivity index (χ3v) is 5.22. The minimum Gasteiger partial charge on any atom is -0.444 e. The van der Waals surface area contributed by atoms with Crippen molar-refractivity contribution < 1.29 is 23.9 Å². The fourth-order valence-corrected chi connectivity index (χ4v) is 3.20. The van der Waals surface area contributed by atoms with E-state index in [9.17, 15) is 19.2 Å². The molecule has 8 nitrogen and oxygen atoms in total. The van der Waals surface area contributed by atoms with Crippen molar-refractivity contribution in [2.45, 2.75) is 65.0 Å². The summed E-state index contributed by atoms with van der Waals surface area (Å²) in [5.74, 6) is -0.539. The average molecular weight is 396 g/mol. The molecule has 158 valence electrons. The first-order chi connectivity index (χ1) is 13.1. The number of carbonyl (C=O) groups excluding carboxylic acids is 4. The third-order valence-electron chi connectivity index (χ3n) is 5.22. The van der Waals surface area contributed by atoms with Gasteiger partial charge in [0.05, 0.1) is 6.04 Å². The Kier molecular flexibility index (Phi) is 7.43. The standard InChI is InChI=1S/C20H33N3O5/c1-14(17(25)18(26)21-11-15-5-6-15)23(13-24)12-16-7-9-22(10-8-16)19(27)28-20(2,3)4/h13-16H,5-12H2,1-4H3,(H,21,26). The Labute approximate surface area is 166 Å². The van der Waals surface area contributed by atoms with Gasteiger partial charge < -0.3 is 19.9 Å². The molecule has 0 aromatic carbocycles. The number of likely N-dealkylation sites (tertiary alicyclic amines) is 1. The normalized spacial score (nSPS) is 18.9. The summed E-state index contributed by atoms with van der Waals surface area (Å²) in [4.78, 5) is 51.0. The van der Waals surface area contributed by atoms with Crippen LogP contribution in [0.25, 0.3) is 0 Å². The SMILES string of the molecule is CC(C(=O)C(=O)NCC1CC1)N(C=O)CC1CCN(C(=O)OC(C)(C)C)CC1. The molecule has 2 rings (SSSR count). The van der Waals surface area contributed by atoms with Gasteiger partial charge in [-0.15, -0.1) is 0 Å². The monoisotopic (exact) mass is 395 g/mol. The topological polar surface area (TPSA) is 96.0 Å². The Morgan fingerprint density at radius 3 is 2.25 bits per heavy atom. The van der Waals surface area contributed by atoms with Gasteiger partial charge in [-0.3, -0.25) is 14.4 Å². The van der Waals surface area contributed by atoms with Crippen molar-refractivity contribution in [3.05, 3.63) is 0 Å². The molecule has 1 aliphatic carbocycles. The van der Waals surface area contributed by atoms with Gasteiger partial charge in [-0.1, -0.05) is 0 Å². The number of hydrogen-bond acceptors (Lipinski definition) is 5. The number of amides is 3. The molecule has 8 heteroatoms. The van der Waals surface area contributed by atoms with Crippen LogP contribution in [0.4, 0.5) is 4.79 Å². The molecule has 1 saturated carbocycles. The molecule has 0 aromatic rings. The highest BCUT2D eigenvalue weighted by Gasteiger charge is 2.32. The fourth-order valence-electron chi connectivity index (χ4n) is 3.20. The van der Waals surface area contributed by atoms with Crippen molar-refractivity contribution in [3.8, 4) is 0 Å². The quantitative estimate of drug-likeness (QED) is 0.497. The van der Waals surface area contributed by atoms with Gasteiger partial charge in [0.2, 0.25) is 12.2 Å². The number of nitrogens with one attached hydrogen (secondary N) is 1. The van der Waals surface area contributed by atoms with Crippen LogP contribution in [0.5, 0.6) is 0 Å². The van der Waals surface area contributed by atoms with Crippen LogP contribution in [0, 0.1) is 11.8 Å². The first kappa shape index (κ1) is 22.2. The van der Waals surface area contributed by atoms with Gasteiger partial charge in [-0.2, -0.15) is 0 Å². The van der Waals surface area contributed by atoms with Gasteiger partial charge >= 0.3 is 6.09 Å². The van der Waals surface area contributed by atoms with E-state index in [4.69, 9.17) is 4.74 Å². The number of nitrogens with zero attached hydrogens (tertiary/aromatic N) is 2. The molecule has 1 heterocycles. The Morgan fingerprint density at radius 2 is 1.75 bits per heavy atom. The lowest BCUT2D eigenvalue weighted by molar-refractivity contribution is -0.142. The van der Waals surface area contributed by atoms with E-state index >= 15 is 0 Å². The zero-order valence-corrected chi connectivity index (χ0v) is 17.4. The molecule has 1 atom stereocenters. The lowest BCUT2D eigenvalue weighted by Gasteiger charge is -2.35. The molecule has 0 radical (unpaired) electrons. The van der Waals surface area contributed by atoms with Crippen molar-refractivity contribution in [2.75, 3.05) is 26.2 Å². The van der Waals surface area contributed by atoms with Crippen molar-refractivity contribution in [1.82, 2.24) is 15.1 Å². The van der Waals surface area contributed by atoms with Crippen LogP contribution in [-0.2, 0) is 19.1 Å². The van der Waals surface area contributed by atoms with Crippen LogP contribution in [0.1, 0.15) is 53.4 Å². The number of hydrogen-bond donors (Lipinski definition) is 1. The third kappa shape index (κ3) is 6.80. The van der Waals surface area contributed by atoms with Gasteiger partial charge in [0.15, 0.2) is 0 Å². The average Bonchev–Trinajstić information content (AvgIpc) is 3.46. The van der Waals surface area contributed by atoms with E-state index < -0.39 is 23.3 Å². The van der Waals surface area contributed by atoms with Crippen LogP contribution in [-0.4, -0.2) is 71.8 Å². The zero-order valence-electron chi connectivity index (χ0n) is 17.4. The maximum Gasteiger partial charge on any atom is 0.410 e. The summed E-state index contributed by atoms with van der Waals surface area (Å²) in [5, 5.41) is 2.66. The molecule has 0 spiro atoms. The second-order valence-electron chi connectivity index (χ2n) is 8.91. The first-order valence-electron chi connectivity index (χ1n) is 10.1. The summed E-state index contributed by atoms with van der Waals surface area (Å²) >= 11 is 0. The second kappa shape index (κ2) is 9.39. The van der Waals surface area contributed by atoms with E-state index in [1.54, 1.807) is 11.8 Å². The molecule has 0 bridgehead atoms. The number of ketones is 1. The van der Waals surface area contributed by atoms with Crippen molar-refractivity contribution in [2.24, 2.45) is 11.8 Å². The predicted octanol–water partition coefficient (Wildman–Crippen LogP) is 1.58. The van der Waals surface area contributed by atoms with Gasteiger partial charge in [0, 0.05) is 26.2 Å². The van der Waals surface area contributed by atoms with Crippen LogP contribution < -0.4 is 5.32 Å². The smallest absolute Gasteiger partial charge is 0.410 e. The summed E-state index contributed by atoms with van der Waals surface area (Å²) in [6.45, 7) is 9.11. The molecular weight excluding hydrogens is 362 g/mol. The molecule has 3 amide bonds. The van der Waals surface area contributed by atoms with Gasteiger partial charge in [-0.25, -0.2) is 4.79 Å². The van der Waals surface area contributed by atoms with Gasteiger partial charge in [-0.05, 0) is 65.2 Å². The highest BCUT2D eigenvalue weighted by atomic mass is 16.6. The predicted molar refractivity (Wildman–Crippen MR) is 104 cm³/mol. The molecule has 2 aliphatic rings. The lowest BCUT2D eigenvalue weighted by Crippen LogP contribution is -2.49. The molecule has 1 saturated heterocycles. The van der Waals surface area contributed by atoms with Crippen LogP contribution in [0.3, 0.4) is 0 Å². The van der Waals surface area contributed by atoms with E-state index in [0.717, 1.165) is 25.7 Å². The molecule has 1 unspecified atom stereocenters. The van der Waals surface area contributed by atoms with Crippen molar-refractivity contribution >= 4 is 24.2 Å². The summed E-state index contributed by atoms with van der Waals surface area (Å²) in [6, 6.07) is -0.791. The van der Waals surface area contributed by atoms with E-state index in [2.05, 4.69) is 5.32 Å². The maximum absolute atomic E-state index is 12.3. The van der Waals surface area contributed by atoms with Crippen molar-refractivity contribution in [1.29, 1.82) is 0 Å². The number of piperidine rings is 1. The Hall–Kier alpha value is -2.12. The highest BCUT2D eigenvalue weighted by molar-refractivity contribution is 6.38. The summed E-state index contributed by atoms with van der Waals surface area (Å²) in [7, 11) is 0. The van der Waals surface area contributed by atoms with Crippen LogP contribution in [0.15, 0.2) is 0 Å². The van der Waals surface area contributed by atoms with E-state index in [1.165, 1.54) is 4.90 Å². The number of ether oxygens (including phenoxy) is 1. The Morgan fingerprint density at radius 1 is 1.14 bits per heavy atom. The zero-order chi connectivity index (χ0) is 20.9. The van der Waals surface area contributed by atoms with Gasteiger partial charge in [0.1, 0.15) is 5.60 Å². The largest absolute Gasteiger partial charge is 0.444 e. The van der Waals surface area contributed by atoms with E-state index in [-0.39, 0.29) is 12.0 Å². The van der Waals surface area contributed by atoms with Crippen LogP contribution in [0.2, 0.25) is 0 Å². The van der Waals surface area contributed by atoms with E-state index in [0.29, 0.717) is 38.5 Å². The molecule has 28 heavy (non-hydrogen) atoms. The minimum absolute atomic E-state index is 0.175. The molecular formula is C20H33N3O5. The van der Waals surface area contributed by atoms with Gasteiger partial charge in [0.25, 0.3) is 5.91 Å². The molecule has 1 aliphatic heterocycles. The number of carbonyl (C=O) groups is 4. The lowest BCUT2D eigenvalue weighted by atomic mass is 9.95. The second-order valence-corrected chi connectivity index (χ2v) is 8.91. The molecule has 2 fully saturated rings. The van der Waals surface area contributed by atoms with E-state index in [1.807, 2.05) is 20.8 Å². The van der Waals surface area contributed by atoms with Crippen molar-refractivity contribution in [3.63, 3.8) is 0 Å².